The smallest absolute Gasteiger partial charge is 0.270 e. The molecule has 1 aromatic rings. The molecular weight excluding hydrogens is 374 g/mol. The van der Waals surface area contributed by atoms with E-state index in [-0.39, 0.29) is 17.5 Å². The Labute approximate surface area is 170 Å². The minimum absolute atomic E-state index is 0.0416. The number of likely N-dealkylation sites (tertiary alicyclic amines) is 1. The molecule has 156 valence electrons. The van der Waals surface area contributed by atoms with Gasteiger partial charge in [-0.05, 0) is 38.0 Å². The van der Waals surface area contributed by atoms with Crippen molar-refractivity contribution in [3.05, 3.63) is 67.0 Å². The van der Waals surface area contributed by atoms with Crippen LogP contribution in [0.3, 0.4) is 0 Å². The third-order valence-corrected chi connectivity index (χ3v) is 4.63. The summed E-state index contributed by atoms with van der Waals surface area (Å²) < 4.78 is 26.8. The molecule has 0 aliphatic carbocycles. The first-order valence-electron chi connectivity index (χ1n) is 9.56. The predicted octanol–water partition coefficient (Wildman–Crippen LogP) is 4.42. The number of aliphatic imine (C=N–C) groups is 1. The number of alkyl halides is 2. The highest BCUT2D eigenvalue weighted by Gasteiger charge is 2.25. The molecular formula is C22H28F2N4O. The van der Waals surface area contributed by atoms with E-state index in [1.807, 2.05) is 13.0 Å². The van der Waals surface area contributed by atoms with Gasteiger partial charge in [0.15, 0.2) is 5.84 Å². The second-order valence-corrected chi connectivity index (χ2v) is 6.98. The molecule has 1 amide bonds. The van der Waals surface area contributed by atoms with Gasteiger partial charge in [0.05, 0.1) is 5.70 Å². The van der Waals surface area contributed by atoms with Gasteiger partial charge in [-0.2, -0.15) is 0 Å². The highest BCUT2D eigenvalue weighted by molar-refractivity contribution is 6.00. The number of carbonyl (C=O) groups is 1. The number of piperidine rings is 1. The molecule has 1 saturated heterocycles. The van der Waals surface area contributed by atoms with Crippen LogP contribution >= 0.6 is 0 Å². The molecule has 5 nitrogen and oxygen atoms in total. The largest absolute Gasteiger partial charge is 0.355 e. The van der Waals surface area contributed by atoms with Gasteiger partial charge in [-0.15, -0.1) is 0 Å². The topological polar surface area (TPSA) is 56.7 Å². The van der Waals surface area contributed by atoms with Crippen LogP contribution in [0.2, 0.25) is 0 Å². The first-order chi connectivity index (χ1) is 13.7. The van der Waals surface area contributed by atoms with Crippen LogP contribution < -0.4 is 10.6 Å². The normalized spacial score (nSPS) is 16.0. The summed E-state index contributed by atoms with van der Waals surface area (Å²) in [6.45, 7) is 11.7. The van der Waals surface area contributed by atoms with E-state index in [0.717, 1.165) is 19.8 Å². The molecule has 0 atom stereocenters. The maximum absolute atomic E-state index is 13.4. The highest BCUT2D eigenvalue weighted by atomic mass is 19.3. The lowest BCUT2D eigenvalue weighted by Crippen LogP contribution is -2.47. The molecule has 1 heterocycles. The molecule has 0 aromatic heterocycles. The van der Waals surface area contributed by atoms with Crippen molar-refractivity contribution in [3.63, 3.8) is 0 Å². The van der Waals surface area contributed by atoms with Gasteiger partial charge in [0, 0.05) is 43.5 Å². The summed E-state index contributed by atoms with van der Waals surface area (Å²) in [4.78, 5) is 18.1. The number of halogens is 2. The van der Waals surface area contributed by atoms with E-state index in [4.69, 9.17) is 0 Å². The number of hydrogen-bond acceptors (Lipinski definition) is 3. The van der Waals surface area contributed by atoms with Crippen LogP contribution in [0.1, 0.15) is 32.3 Å². The average Bonchev–Trinajstić information content (AvgIpc) is 2.69. The molecule has 1 aliphatic heterocycles. The average molecular weight is 402 g/mol. The number of anilines is 1. The predicted molar refractivity (Wildman–Crippen MR) is 114 cm³/mol. The van der Waals surface area contributed by atoms with Crippen LogP contribution in [0.25, 0.3) is 0 Å². The molecule has 0 saturated carbocycles. The van der Waals surface area contributed by atoms with E-state index in [1.165, 1.54) is 18.2 Å². The Balaban J connectivity index is 2.06. The van der Waals surface area contributed by atoms with Crippen molar-refractivity contribution in [3.8, 4) is 0 Å². The lowest BCUT2D eigenvalue weighted by molar-refractivity contribution is -0.117. The van der Waals surface area contributed by atoms with Crippen LogP contribution in [0.5, 0.6) is 0 Å². The van der Waals surface area contributed by atoms with E-state index in [9.17, 15) is 13.6 Å². The molecule has 1 fully saturated rings. The van der Waals surface area contributed by atoms with Crippen molar-refractivity contribution >= 4 is 17.4 Å². The summed E-state index contributed by atoms with van der Waals surface area (Å²) in [5.41, 5.74) is 1.19. The zero-order valence-corrected chi connectivity index (χ0v) is 16.9. The summed E-state index contributed by atoms with van der Waals surface area (Å²) in [7, 11) is 0. The van der Waals surface area contributed by atoms with Crippen molar-refractivity contribution in [2.75, 3.05) is 18.4 Å². The van der Waals surface area contributed by atoms with Gasteiger partial charge >= 0.3 is 0 Å². The standard InChI is InChI=1S/C22H28F2N4O/c1-5-13-25-21(28-14-11-19(12-15-28)27-20(29)6-2)16(3)26-18-9-7-17(8-10-18)22(4,23)24/h5-10,13,19,26H,2-3,11-12,14-15H2,1,4H3,(H,27,29)/b13-5-,25-21?. The fourth-order valence-corrected chi connectivity index (χ4v) is 3.07. The number of allylic oxidation sites excluding steroid dienone is 1. The Kier molecular flexibility index (Phi) is 7.70. The number of hydrogen-bond donors (Lipinski definition) is 2. The van der Waals surface area contributed by atoms with Crippen molar-refractivity contribution in [2.45, 2.75) is 38.7 Å². The SMILES string of the molecule is C=CC(=O)NC1CCN(C(=N/C=C\C)C(=C)Nc2ccc(C(C)(F)F)cc2)CC1. The zero-order chi connectivity index (χ0) is 21.4. The Hall–Kier alpha value is -2.96. The van der Waals surface area contributed by atoms with Crippen molar-refractivity contribution in [1.82, 2.24) is 10.2 Å². The number of amides is 1. The molecule has 0 unspecified atom stereocenters. The van der Waals surface area contributed by atoms with Crippen LogP contribution in [-0.4, -0.2) is 35.8 Å². The van der Waals surface area contributed by atoms with Gasteiger partial charge in [-0.3, -0.25) is 4.79 Å². The number of amidine groups is 1. The van der Waals surface area contributed by atoms with Gasteiger partial charge in [-0.25, -0.2) is 13.8 Å². The van der Waals surface area contributed by atoms with Crippen LogP contribution in [0.4, 0.5) is 14.5 Å². The fourth-order valence-electron chi connectivity index (χ4n) is 3.07. The molecule has 29 heavy (non-hydrogen) atoms. The maximum atomic E-state index is 13.4. The first kappa shape index (κ1) is 22.3. The molecule has 0 spiro atoms. The van der Waals surface area contributed by atoms with Crippen LogP contribution in [0, 0.1) is 0 Å². The van der Waals surface area contributed by atoms with E-state index in [0.29, 0.717) is 30.3 Å². The van der Waals surface area contributed by atoms with Crippen LogP contribution in [-0.2, 0) is 10.7 Å². The number of rotatable bonds is 7. The van der Waals surface area contributed by atoms with E-state index >= 15 is 0 Å². The summed E-state index contributed by atoms with van der Waals surface area (Å²) in [6, 6.07) is 6.09. The summed E-state index contributed by atoms with van der Waals surface area (Å²) in [5.74, 6) is -2.36. The third-order valence-electron chi connectivity index (χ3n) is 4.63. The molecule has 2 rings (SSSR count). The third kappa shape index (κ3) is 6.55. The van der Waals surface area contributed by atoms with Gasteiger partial charge in [0.2, 0.25) is 5.91 Å². The second-order valence-electron chi connectivity index (χ2n) is 6.98. The summed E-state index contributed by atoms with van der Waals surface area (Å²) >= 11 is 0. The first-order valence-corrected chi connectivity index (χ1v) is 9.56. The summed E-state index contributed by atoms with van der Waals surface area (Å²) in [6.07, 6.45) is 6.34. The molecule has 0 radical (unpaired) electrons. The monoisotopic (exact) mass is 402 g/mol. The van der Waals surface area contributed by atoms with Gasteiger partial charge in [0.25, 0.3) is 5.92 Å². The highest BCUT2D eigenvalue weighted by Crippen LogP contribution is 2.28. The van der Waals surface area contributed by atoms with E-state index < -0.39 is 5.92 Å². The zero-order valence-electron chi connectivity index (χ0n) is 16.9. The second kappa shape index (κ2) is 10.0. The van der Waals surface area contributed by atoms with Crippen molar-refractivity contribution < 1.29 is 13.6 Å². The summed E-state index contributed by atoms with van der Waals surface area (Å²) in [5, 5.41) is 6.07. The Bertz CT molecular complexity index is 786. The maximum Gasteiger partial charge on any atom is 0.270 e. The minimum Gasteiger partial charge on any atom is -0.355 e. The van der Waals surface area contributed by atoms with Gasteiger partial charge in [-0.1, -0.05) is 31.4 Å². The van der Waals surface area contributed by atoms with Gasteiger partial charge < -0.3 is 15.5 Å². The molecule has 1 aliphatic rings. The van der Waals surface area contributed by atoms with Crippen molar-refractivity contribution in [2.24, 2.45) is 4.99 Å². The van der Waals surface area contributed by atoms with Crippen molar-refractivity contribution in [1.29, 1.82) is 0 Å². The molecule has 7 heteroatoms. The number of nitrogens with zero attached hydrogens (tertiary/aromatic N) is 2. The lowest BCUT2D eigenvalue weighted by atomic mass is 10.0. The fraction of sp³-hybridized carbons (Fsp3) is 0.364. The quantitative estimate of drug-likeness (QED) is 0.403. The molecule has 1 aromatic carbocycles. The number of carbonyl (C=O) groups excluding carboxylic acids is 1. The lowest BCUT2D eigenvalue weighted by Gasteiger charge is -2.35. The number of nitrogens with one attached hydrogen (secondary N) is 2. The number of benzene rings is 1. The van der Waals surface area contributed by atoms with E-state index in [1.54, 1.807) is 18.3 Å². The van der Waals surface area contributed by atoms with Crippen LogP contribution in [0.15, 0.2) is 66.5 Å². The van der Waals surface area contributed by atoms with E-state index in [2.05, 4.69) is 33.7 Å². The Morgan fingerprint density at radius 3 is 2.41 bits per heavy atom. The molecule has 2 N–H and O–H groups in total. The van der Waals surface area contributed by atoms with Gasteiger partial charge in [0.1, 0.15) is 0 Å². The molecule has 0 bridgehead atoms. The Morgan fingerprint density at radius 2 is 1.90 bits per heavy atom. The minimum atomic E-state index is -2.88. The Morgan fingerprint density at radius 1 is 1.28 bits per heavy atom.